The molecule has 0 unspecified atom stereocenters. The van der Waals surface area contributed by atoms with Crippen molar-refractivity contribution in [1.82, 2.24) is 15.0 Å². The van der Waals surface area contributed by atoms with Gasteiger partial charge >= 0.3 is 0 Å². The van der Waals surface area contributed by atoms with Crippen LogP contribution in [0.3, 0.4) is 0 Å². The molecule has 3 aromatic rings. The van der Waals surface area contributed by atoms with Gasteiger partial charge in [0.1, 0.15) is 0 Å². The molecular formula is C18H18FN3O3S. The molecular weight excluding hydrogens is 357 g/mol. The van der Waals surface area contributed by atoms with Gasteiger partial charge in [0.15, 0.2) is 11.6 Å². The van der Waals surface area contributed by atoms with Gasteiger partial charge in [-0.15, -0.1) is 11.3 Å². The fourth-order valence-electron chi connectivity index (χ4n) is 2.44. The van der Waals surface area contributed by atoms with Crippen molar-refractivity contribution in [1.29, 1.82) is 0 Å². The molecule has 0 saturated heterocycles. The number of methoxy groups -OCH3 is 1. The van der Waals surface area contributed by atoms with E-state index < -0.39 is 5.82 Å². The molecule has 0 fully saturated rings. The number of carbonyl (C=O) groups excluding carboxylic acids is 1. The van der Waals surface area contributed by atoms with Crippen molar-refractivity contribution in [3.05, 3.63) is 53.0 Å². The maximum Gasteiger partial charge on any atom is 0.227 e. The molecule has 1 amide bonds. The first-order valence-corrected chi connectivity index (χ1v) is 8.87. The van der Waals surface area contributed by atoms with E-state index >= 15 is 0 Å². The molecule has 0 saturated carbocycles. The first-order valence-electron chi connectivity index (χ1n) is 7.99. The summed E-state index contributed by atoms with van der Waals surface area (Å²) in [4.78, 5) is 19.0. The highest BCUT2D eigenvalue weighted by molar-refractivity contribution is 7.13. The molecule has 3 rings (SSSR count). The number of thiophene rings is 1. The van der Waals surface area contributed by atoms with Gasteiger partial charge in [-0.25, -0.2) is 4.39 Å². The van der Waals surface area contributed by atoms with Gasteiger partial charge in [0.2, 0.25) is 17.6 Å². The van der Waals surface area contributed by atoms with Crippen molar-refractivity contribution in [2.24, 2.45) is 0 Å². The Kier molecular flexibility index (Phi) is 5.62. The van der Waals surface area contributed by atoms with Crippen LogP contribution < -0.4 is 4.74 Å². The predicted molar refractivity (Wildman–Crippen MR) is 95.4 cm³/mol. The fourth-order valence-corrected chi connectivity index (χ4v) is 3.09. The summed E-state index contributed by atoms with van der Waals surface area (Å²) in [6.07, 6.45) is 0.597. The Morgan fingerprint density at radius 1 is 1.38 bits per heavy atom. The van der Waals surface area contributed by atoms with Crippen LogP contribution in [0.1, 0.15) is 17.9 Å². The zero-order valence-electron chi connectivity index (χ0n) is 14.4. The summed E-state index contributed by atoms with van der Waals surface area (Å²) in [7, 11) is 3.09. The van der Waals surface area contributed by atoms with Crippen molar-refractivity contribution < 1.29 is 18.4 Å². The first-order chi connectivity index (χ1) is 12.6. The zero-order valence-corrected chi connectivity index (χ0v) is 15.3. The van der Waals surface area contributed by atoms with Gasteiger partial charge < -0.3 is 14.2 Å². The molecule has 0 atom stereocenters. The average molecular weight is 375 g/mol. The molecule has 0 radical (unpaired) electrons. The van der Waals surface area contributed by atoms with Gasteiger partial charge in [0.25, 0.3) is 0 Å². The number of nitrogens with zero attached hydrogens (tertiary/aromatic N) is 3. The van der Waals surface area contributed by atoms with E-state index in [-0.39, 0.29) is 18.1 Å². The summed E-state index contributed by atoms with van der Waals surface area (Å²) in [5.41, 5.74) is 0.692. The number of halogens is 1. The number of ether oxygens (including phenoxy) is 1. The van der Waals surface area contributed by atoms with E-state index in [9.17, 15) is 9.18 Å². The maximum atomic E-state index is 13.7. The van der Waals surface area contributed by atoms with Gasteiger partial charge in [0, 0.05) is 26.4 Å². The Bertz CT molecular complexity index is 880. The van der Waals surface area contributed by atoms with E-state index in [0.29, 0.717) is 30.2 Å². The second-order valence-corrected chi connectivity index (χ2v) is 6.66. The van der Waals surface area contributed by atoms with E-state index in [1.54, 1.807) is 19.2 Å². The van der Waals surface area contributed by atoms with E-state index in [2.05, 4.69) is 10.1 Å². The van der Waals surface area contributed by atoms with Crippen LogP contribution >= 0.6 is 11.3 Å². The number of hydrogen-bond acceptors (Lipinski definition) is 6. The zero-order chi connectivity index (χ0) is 18.5. The Balaban J connectivity index is 1.54. The average Bonchev–Trinajstić information content (AvgIpc) is 3.31. The Morgan fingerprint density at radius 2 is 2.23 bits per heavy atom. The number of rotatable bonds is 7. The van der Waals surface area contributed by atoms with Gasteiger partial charge in [-0.2, -0.15) is 4.98 Å². The molecule has 26 heavy (non-hydrogen) atoms. The van der Waals surface area contributed by atoms with Gasteiger partial charge in [0.05, 0.1) is 12.0 Å². The van der Waals surface area contributed by atoms with Crippen molar-refractivity contribution in [2.75, 3.05) is 14.2 Å². The van der Waals surface area contributed by atoms with Crippen molar-refractivity contribution in [2.45, 2.75) is 19.4 Å². The van der Waals surface area contributed by atoms with Crippen LogP contribution in [0.15, 0.2) is 40.2 Å². The molecule has 2 heterocycles. The fraction of sp³-hybridized carbons (Fsp3) is 0.278. The standard InChI is InChI=1S/C18H18FN3O3S/c1-22(11-12-5-6-14(24-2)13(19)10-12)17(23)8-7-16-20-18(21-25-16)15-4-3-9-26-15/h3-6,9-10H,7-8,11H2,1-2H3. The number of carbonyl (C=O) groups is 1. The summed E-state index contributed by atoms with van der Waals surface area (Å²) in [5, 5.41) is 5.86. The van der Waals surface area contributed by atoms with Crippen molar-refractivity contribution in [3.8, 4) is 16.5 Å². The molecule has 0 aliphatic rings. The topological polar surface area (TPSA) is 68.5 Å². The first kappa shape index (κ1) is 18.1. The minimum Gasteiger partial charge on any atom is -0.494 e. The lowest BCUT2D eigenvalue weighted by molar-refractivity contribution is -0.130. The third-order valence-corrected chi connectivity index (χ3v) is 4.69. The van der Waals surface area contributed by atoms with Crippen molar-refractivity contribution in [3.63, 3.8) is 0 Å². The highest BCUT2D eigenvalue weighted by Gasteiger charge is 2.14. The number of amides is 1. The lowest BCUT2D eigenvalue weighted by Crippen LogP contribution is -2.26. The lowest BCUT2D eigenvalue weighted by Gasteiger charge is -2.17. The number of benzene rings is 1. The summed E-state index contributed by atoms with van der Waals surface area (Å²) in [5.74, 6) is 0.603. The highest BCUT2D eigenvalue weighted by atomic mass is 32.1. The third kappa shape index (κ3) is 4.26. The second-order valence-electron chi connectivity index (χ2n) is 5.71. The summed E-state index contributed by atoms with van der Waals surface area (Å²) >= 11 is 1.52. The third-order valence-electron chi connectivity index (χ3n) is 3.82. The highest BCUT2D eigenvalue weighted by Crippen LogP contribution is 2.22. The molecule has 0 N–H and O–H groups in total. The van der Waals surface area contributed by atoms with Crippen LogP contribution in [0.5, 0.6) is 5.75 Å². The Morgan fingerprint density at radius 3 is 2.92 bits per heavy atom. The van der Waals surface area contributed by atoms with Crippen LogP contribution in [0.25, 0.3) is 10.7 Å². The quantitative estimate of drug-likeness (QED) is 0.632. The minimum absolute atomic E-state index is 0.0860. The Labute approximate surface area is 154 Å². The second kappa shape index (κ2) is 8.09. The monoisotopic (exact) mass is 375 g/mol. The molecule has 136 valence electrons. The van der Waals surface area contributed by atoms with Crippen LogP contribution in [-0.4, -0.2) is 35.1 Å². The number of aromatic nitrogens is 2. The van der Waals surface area contributed by atoms with Crippen LogP contribution in [0.2, 0.25) is 0 Å². The smallest absolute Gasteiger partial charge is 0.227 e. The maximum absolute atomic E-state index is 13.7. The van der Waals surface area contributed by atoms with Crippen LogP contribution in [0, 0.1) is 5.82 Å². The summed E-state index contributed by atoms with van der Waals surface area (Å²) < 4.78 is 23.8. The molecule has 0 spiro atoms. The van der Waals surface area contributed by atoms with Gasteiger partial charge in [-0.05, 0) is 29.1 Å². The number of aryl methyl sites for hydroxylation is 1. The van der Waals surface area contributed by atoms with Gasteiger partial charge in [-0.3, -0.25) is 4.79 Å². The van der Waals surface area contributed by atoms with E-state index in [0.717, 1.165) is 4.88 Å². The van der Waals surface area contributed by atoms with Crippen LogP contribution in [0.4, 0.5) is 4.39 Å². The van der Waals surface area contributed by atoms with Gasteiger partial charge in [-0.1, -0.05) is 17.3 Å². The largest absolute Gasteiger partial charge is 0.494 e. The molecule has 6 nitrogen and oxygen atoms in total. The van der Waals surface area contributed by atoms with E-state index in [1.165, 1.54) is 29.4 Å². The SMILES string of the molecule is COc1ccc(CN(C)C(=O)CCc2nc(-c3cccs3)no2)cc1F. The summed E-state index contributed by atoms with van der Waals surface area (Å²) in [6, 6.07) is 8.47. The molecule has 2 aromatic heterocycles. The molecule has 1 aromatic carbocycles. The van der Waals surface area contributed by atoms with E-state index in [1.807, 2.05) is 17.5 Å². The predicted octanol–water partition coefficient (Wildman–Crippen LogP) is 3.54. The molecule has 0 aliphatic carbocycles. The molecule has 8 heteroatoms. The van der Waals surface area contributed by atoms with Crippen molar-refractivity contribution >= 4 is 17.2 Å². The van der Waals surface area contributed by atoms with Crippen LogP contribution in [-0.2, 0) is 17.8 Å². The number of hydrogen-bond donors (Lipinski definition) is 0. The normalized spacial score (nSPS) is 10.7. The minimum atomic E-state index is -0.446. The van der Waals surface area contributed by atoms with E-state index in [4.69, 9.17) is 9.26 Å². The molecule has 0 aliphatic heterocycles. The lowest BCUT2D eigenvalue weighted by atomic mass is 10.2. The summed E-state index contributed by atoms with van der Waals surface area (Å²) in [6.45, 7) is 0.310. The molecule has 0 bridgehead atoms. The Hall–Kier alpha value is -2.74.